The quantitative estimate of drug-likeness (QED) is 0.675. The van der Waals surface area contributed by atoms with Crippen LogP contribution >= 0.6 is 0 Å². The van der Waals surface area contributed by atoms with E-state index in [1.165, 1.54) is 4.90 Å². The van der Waals surface area contributed by atoms with Gasteiger partial charge in [-0.15, -0.1) is 0 Å². The van der Waals surface area contributed by atoms with Crippen LogP contribution in [0, 0.1) is 0 Å². The molecule has 0 aromatic heterocycles. The van der Waals surface area contributed by atoms with E-state index >= 15 is 0 Å². The van der Waals surface area contributed by atoms with E-state index in [9.17, 15) is 14.4 Å². The van der Waals surface area contributed by atoms with Gasteiger partial charge in [0.05, 0.1) is 18.9 Å². The molecule has 1 unspecified atom stereocenters. The number of carboxylic acids is 1. The molecule has 2 amide bonds. The molecule has 20 heavy (non-hydrogen) atoms. The lowest BCUT2D eigenvalue weighted by Crippen LogP contribution is -2.45. The zero-order chi connectivity index (χ0) is 15.3. The van der Waals surface area contributed by atoms with Crippen molar-refractivity contribution in [3.05, 3.63) is 0 Å². The highest BCUT2D eigenvalue weighted by atomic mass is 16.4. The summed E-state index contributed by atoms with van der Waals surface area (Å²) >= 11 is 0. The lowest BCUT2D eigenvalue weighted by Gasteiger charge is -2.28. The van der Waals surface area contributed by atoms with Gasteiger partial charge in [0, 0.05) is 12.6 Å². The van der Waals surface area contributed by atoms with Crippen LogP contribution in [0.4, 0.5) is 0 Å². The normalized spacial score (nSPS) is 19.4. The molecule has 0 radical (unpaired) electrons. The summed E-state index contributed by atoms with van der Waals surface area (Å²) in [6.45, 7) is 6.66. The number of carboxylic acid groups (broad SMARTS) is 1. The maximum absolute atomic E-state index is 12.4. The van der Waals surface area contributed by atoms with E-state index in [1.807, 2.05) is 20.8 Å². The van der Waals surface area contributed by atoms with Crippen LogP contribution in [0.25, 0.3) is 0 Å². The third kappa shape index (κ3) is 3.56. The van der Waals surface area contributed by atoms with Crippen molar-refractivity contribution < 1.29 is 19.5 Å². The second-order valence-corrected chi connectivity index (χ2v) is 5.06. The van der Waals surface area contributed by atoms with Gasteiger partial charge in [0.2, 0.25) is 11.8 Å². The van der Waals surface area contributed by atoms with Crippen molar-refractivity contribution in [1.29, 1.82) is 0 Å². The fourth-order valence-electron chi connectivity index (χ4n) is 2.73. The lowest BCUT2D eigenvalue weighted by atomic mass is 10.1. The number of likely N-dealkylation sites (N-methyl/N-ethyl adjacent to an activating group) is 1. The van der Waals surface area contributed by atoms with Gasteiger partial charge in [0.25, 0.3) is 0 Å². The number of carbonyl (C=O) groups excluding carboxylic acids is 2. The van der Waals surface area contributed by atoms with Gasteiger partial charge in [-0.1, -0.05) is 20.8 Å². The Morgan fingerprint density at radius 2 is 1.95 bits per heavy atom. The summed E-state index contributed by atoms with van der Waals surface area (Å²) in [6.07, 6.45) is 1.66. The van der Waals surface area contributed by atoms with Crippen LogP contribution in [-0.2, 0) is 14.4 Å². The van der Waals surface area contributed by atoms with Crippen molar-refractivity contribution in [2.24, 2.45) is 0 Å². The van der Waals surface area contributed by atoms with Crippen LogP contribution in [0.3, 0.4) is 0 Å². The summed E-state index contributed by atoms with van der Waals surface area (Å²) in [4.78, 5) is 38.3. The van der Waals surface area contributed by atoms with Crippen molar-refractivity contribution in [1.82, 2.24) is 9.80 Å². The topological polar surface area (TPSA) is 77.9 Å². The Balaban J connectivity index is 2.79. The van der Waals surface area contributed by atoms with E-state index in [2.05, 4.69) is 0 Å². The molecule has 114 valence electrons. The lowest BCUT2D eigenvalue weighted by molar-refractivity contribution is -0.143. The van der Waals surface area contributed by atoms with Crippen molar-refractivity contribution in [2.75, 3.05) is 13.1 Å². The maximum atomic E-state index is 12.4. The smallest absolute Gasteiger partial charge is 0.304 e. The van der Waals surface area contributed by atoms with Gasteiger partial charge in [-0.2, -0.15) is 0 Å². The monoisotopic (exact) mass is 284 g/mol. The largest absolute Gasteiger partial charge is 0.481 e. The number of hydrogen-bond acceptors (Lipinski definition) is 4. The van der Waals surface area contributed by atoms with Crippen LogP contribution in [0.1, 0.15) is 46.5 Å². The Hall–Kier alpha value is -1.43. The SMILES string of the molecule is CCC(CC)N1C(=O)CC(N(CC)CCC(=O)O)C1=O. The van der Waals surface area contributed by atoms with Crippen molar-refractivity contribution in [3.63, 3.8) is 0 Å². The molecule has 0 aliphatic carbocycles. The first-order chi connectivity index (χ1) is 9.46. The maximum Gasteiger partial charge on any atom is 0.304 e. The van der Waals surface area contributed by atoms with Gasteiger partial charge >= 0.3 is 5.97 Å². The third-order valence-electron chi connectivity index (χ3n) is 3.93. The van der Waals surface area contributed by atoms with Gasteiger partial charge in [0.15, 0.2) is 0 Å². The standard InChI is InChI=1S/C14H24N2O4/c1-4-10(5-2)16-12(17)9-11(14(16)20)15(6-3)8-7-13(18)19/h10-11H,4-9H2,1-3H3,(H,18,19). The first-order valence-electron chi connectivity index (χ1n) is 7.27. The highest BCUT2D eigenvalue weighted by molar-refractivity contribution is 6.05. The fraction of sp³-hybridized carbons (Fsp3) is 0.786. The van der Waals surface area contributed by atoms with Gasteiger partial charge in [-0.3, -0.25) is 24.2 Å². The Morgan fingerprint density at radius 3 is 2.40 bits per heavy atom. The average molecular weight is 284 g/mol. The van der Waals surface area contributed by atoms with Crippen LogP contribution in [-0.4, -0.2) is 57.9 Å². The number of amides is 2. The molecule has 1 atom stereocenters. The Kier molecular flexibility index (Phi) is 6.13. The van der Waals surface area contributed by atoms with Crippen LogP contribution in [0.5, 0.6) is 0 Å². The van der Waals surface area contributed by atoms with Crippen LogP contribution < -0.4 is 0 Å². The Morgan fingerprint density at radius 1 is 1.35 bits per heavy atom. The summed E-state index contributed by atoms with van der Waals surface area (Å²) in [6, 6.07) is -0.536. The van der Waals surface area contributed by atoms with Gasteiger partial charge < -0.3 is 5.11 Å². The number of carbonyl (C=O) groups is 3. The first kappa shape index (κ1) is 16.6. The minimum absolute atomic E-state index is 0.0171. The minimum Gasteiger partial charge on any atom is -0.481 e. The van der Waals surface area contributed by atoms with E-state index in [0.29, 0.717) is 13.1 Å². The number of nitrogens with zero attached hydrogens (tertiary/aromatic N) is 2. The number of likely N-dealkylation sites (tertiary alicyclic amines) is 1. The number of rotatable bonds is 8. The predicted octanol–water partition coefficient (Wildman–Crippen LogP) is 1.10. The molecule has 6 nitrogen and oxygen atoms in total. The molecule has 1 aliphatic heterocycles. The van der Waals surface area contributed by atoms with Gasteiger partial charge in [-0.25, -0.2) is 0 Å². The number of imide groups is 1. The highest BCUT2D eigenvalue weighted by Gasteiger charge is 2.43. The second kappa shape index (κ2) is 7.38. The molecule has 0 spiro atoms. The molecule has 0 bridgehead atoms. The predicted molar refractivity (Wildman–Crippen MR) is 74.1 cm³/mol. The molecular weight excluding hydrogens is 260 g/mol. The van der Waals surface area contributed by atoms with E-state index in [-0.39, 0.29) is 30.7 Å². The van der Waals surface area contributed by atoms with E-state index < -0.39 is 12.0 Å². The molecule has 0 aromatic rings. The molecule has 1 heterocycles. The van der Waals surface area contributed by atoms with Crippen molar-refractivity contribution >= 4 is 17.8 Å². The highest BCUT2D eigenvalue weighted by Crippen LogP contribution is 2.23. The van der Waals surface area contributed by atoms with Crippen molar-refractivity contribution in [3.8, 4) is 0 Å². The van der Waals surface area contributed by atoms with E-state index in [0.717, 1.165) is 12.8 Å². The summed E-state index contributed by atoms with van der Waals surface area (Å²) in [5.74, 6) is -1.20. The van der Waals surface area contributed by atoms with Crippen molar-refractivity contribution in [2.45, 2.75) is 58.5 Å². The molecule has 0 aromatic carbocycles. The zero-order valence-electron chi connectivity index (χ0n) is 12.5. The minimum atomic E-state index is -0.892. The molecular formula is C14H24N2O4. The average Bonchev–Trinajstić information content (AvgIpc) is 2.69. The van der Waals surface area contributed by atoms with E-state index in [1.54, 1.807) is 4.90 Å². The molecule has 6 heteroatoms. The molecule has 1 N–H and O–H groups in total. The van der Waals surface area contributed by atoms with Crippen LogP contribution in [0.2, 0.25) is 0 Å². The second-order valence-electron chi connectivity index (χ2n) is 5.06. The molecule has 0 saturated carbocycles. The number of aliphatic carboxylic acids is 1. The van der Waals surface area contributed by atoms with E-state index in [4.69, 9.17) is 5.11 Å². The fourth-order valence-corrected chi connectivity index (χ4v) is 2.73. The number of hydrogen-bond donors (Lipinski definition) is 1. The molecule has 1 aliphatic rings. The summed E-state index contributed by atoms with van der Waals surface area (Å²) in [5.41, 5.74) is 0. The van der Waals surface area contributed by atoms with Gasteiger partial charge in [-0.05, 0) is 19.4 Å². The molecule has 1 rings (SSSR count). The first-order valence-corrected chi connectivity index (χ1v) is 7.27. The molecule has 1 fully saturated rings. The zero-order valence-corrected chi connectivity index (χ0v) is 12.5. The van der Waals surface area contributed by atoms with Crippen LogP contribution in [0.15, 0.2) is 0 Å². The Labute approximate surface area is 119 Å². The summed E-state index contributed by atoms with van der Waals surface area (Å²) < 4.78 is 0. The summed E-state index contributed by atoms with van der Waals surface area (Å²) in [5, 5.41) is 8.75. The third-order valence-corrected chi connectivity index (χ3v) is 3.93. The van der Waals surface area contributed by atoms with Gasteiger partial charge in [0.1, 0.15) is 0 Å². The summed E-state index contributed by atoms with van der Waals surface area (Å²) in [7, 11) is 0. The Bertz CT molecular complexity index is 379. The molecule has 1 saturated heterocycles.